The Morgan fingerprint density at radius 2 is 1.81 bits per heavy atom. The Hall–Kier alpha value is -3.38. The molecule has 36 heavy (non-hydrogen) atoms. The summed E-state index contributed by atoms with van der Waals surface area (Å²) in [6, 6.07) is 16.3. The van der Waals surface area contributed by atoms with E-state index in [0.29, 0.717) is 25.4 Å². The first kappa shape index (κ1) is 27.2. The van der Waals surface area contributed by atoms with Gasteiger partial charge in [-0.1, -0.05) is 82.2 Å². The lowest BCUT2D eigenvalue weighted by Gasteiger charge is -2.29. The third kappa shape index (κ3) is 6.85. The highest BCUT2D eigenvalue weighted by atomic mass is 16.5. The molecule has 1 atom stereocenters. The molecule has 1 aliphatic rings. The van der Waals surface area contributed by atoms with E-state index in [1.807, 2.05) is 54.6 Å². The lowest BCUT2D eigenvalue weighted by atomic mass is 9.95. The summed E-state index contributed by atoms with van der Waals surface area (Å²) in [7, 11) is 0. The van der Waals surface area contributed by atoms with Crippen LogP contribution in [-0.4, -0.2) is 59.4 Å². The van der Waals surface area contributed by atoms with Gasteiger partial charge in [-0.25, -0.2) is 0 Å². The minimum Gasteiger partial charge on any atom is -0.503 e. The molecule has 2 aromatic rings. The van der Waals surface area contributed by atoms with Crippen molar-refractivity contribution in [3.8, 4) is 5.75 Å². The Bertz CT molecular complexity index is 1070. The van der Waals surface area contributed by atoms with Crippen LogP contribution in [0, 0.1) is 0 Å². The topological polar surface area (TPSA) is 70.1 Å². The van der Waals surface area contributed by atoms with Crippen molar-refractivity contribution in [2.24, 2.45) is 0 Å². The van der Waals surface area contributed by atoms with Gasteiger partial charge in [-0.05, 0) is 48.8 Å². The normalized spacial score (nSPS) is 15.9. The van der Waals surface area contributed by atoms with Crippen LogP contribution < -0.4 is 4.74 Å². The average Bonchev–Trinajstić information content (AvgIpc) is 3.16. The predicted molar refractivity (Wildman–Crippen MR) is 144 cm³/mol. The van der Waals surface area contributed by atoms with Gasteiger partial charge in [0.05, 0.1) is 18.2 Å². The molecule has 0 radical (unpaired) electrons. The number of unbranched alkanes of at least 4 members (excludes halogenated alkanes) is 2. The maximum atomic E-state index is 13.4. The SMILES string of the molecule is CCCCCOc1cccc(C2C(C(=O)C=Cc3ccccc3)=C(O)C(=O)N2CCN(CC)CC)c1. The summed E-state index contributed by atoms with van der Waals surface area (Å²) in [4.78, 5) is 30.4. The van der Waals surface area contributed by atoms with Crippen LogP contribution in [0.4, 0.5) is 0 Å². The first-order valence-corrected chi connectivity index (χ1v) is 13.0. The molecular formula is C30H38N2O4. The lowest BCUT2D eigenvalue weighted by molar-refractivity contribution is -0.129. The van der Waals surface area contributed by atoms with Crippen LogP contribution in [0.3, 0.4) is 0 Å². The average molecular weight is 491 g/mol. The minimum atomic E-state index is -0.680. The number of rotatable bonds is 14. The summed E-state index contributed by atoms with van der Waals surface area (Å²) >= 11 is 0. The van der Waals surface area contributed by atoms with E-state index in [2.05, 4.69) is 25.7 Å². The molecule has 192 valence electrons. The van der Waals surface area contributed by atoms with Gasteiger partial charge in [-0.15, -0.1) is 0 Å². The quantitative estimate of drug-likeness (QED) is 0.277. The standard InChI is InChI=1S/C30H38N2O4/c1-4-7-11-21-36-25-16-12-15-24(22-25)28-27(26(33)18-17-23-13-9-8-10-14-23)29(34)30(35)32(28)20-19-31(5-2)6-3/h8-10,12-18,22,28,34H,4-7,11,19-21H2,1-3H3. The largest absolute Gasteiger partial charge is 0.503 e. The second-order valence-electron chi connectivity index (χ2n) is 8.93. The molecule has 0 spiro atoms. The Morgan fingerprint density at radius 1 is 1.06 bits per heavy atom. The molecule has 0 aliphatic carbocycles. The predicted octanol–water partition coefficient (Wildman–Crippen LogP) is 5.58. The highest BCUT2D eigenvalue weighted by Gasteiger charge is 2.42. The molecule has 2 aromatic carbocycles. The molecule has 6 nitrogen and oxygen atoms in total. The summed E-state index contributed by atoms with van der Waals surface area (Å²) in [6.45, 7) is 9.67. The van der Waals surface area contributed by atoms with Crippen LogP contribution in [0.15, 0.2) is 72.0 Å². The molecule has 0 bridgehead atoms. The van der Waals surface area contributed by atoms with Crippen LogP contribution >= 0.6 is 0 Å². The van der Waals surface area contributed by atoms with Crippen LogP contribution in [0.25, 0.3) is 6.08 Å². The number of likely N-dealkylation sites (N-methyl/N-ethyl adjacent to an activating group) is 1. The third-order valence-corrected chi connectivity index (χ3v) is 6.54. The van der Waals surface area contributed by atoms with Gasteiger partial charge < -0.3 is 19.6 Å². The molecule has 0 aromatic heterocycles. The van der Waals surface area contributed by atoms with Gasteiger partial charge >= 0.3 is 0 Å². The molecule has 1 unspecified atom stereocenters. The number of carbonyl (C=O) groups is 2. The molecule has 6 heteroatoms. The van der Waals surface area contributed by atoms with E-state index in [0.717, 1.165) is 43.5 Å². The monoisotopic (exact) mass is 490 g/mol. The molecule has 0 fully saturated rings. The first-order chi connectivity index (χ1) is 17.5. The number of ether oxygens (including phenoxy) is 1. The number of benzene rings is 2. The van der Waals surface area contributed by atoms with Crippen LogP contribution in [-0.2, 0) is 9.59 Å². The van der Waals surface area contributed by atoms with Gasteiger partial charge in [0, 0.05) is 13.1 Å². The lowest BCUT2D eigenvalue weighted by Crippen LogP contribution is -2.38. The van der Waals surface area contributed by atoms with Crippen LogP contribution in [0.5, 0.6) is 5.75 Å². The van der Waals surface area contributed by atoms with E-state index < -0.39 is 17.7 Å². The fourth-order valence-electron chi connectivity index (χ4n) is 4.41. The van der Waals surface area contributed by atoms with Crippen molar-refractivity contribution in [2.45, 2.75) is 46.1 Å². The highest BCUT2D eigenvalue weighted by molar-refractivity contribution is 6.14. The number of aliphatic hydroxyl groups is 1. The Balaban J connectivity index is 1.92. The van der Waals surface area contributed by atoms with E-state index in [1.165, 1.54) is 6.08 Å². The summed E-state index contributed by atoms with van der Waals surface area (Å²) < 4.78 is 5.94. The number of ketones is 1. The smallest absolute Gasteiger partial charge is 0.290 e. The van der Waals surface area contributed by atoms with Crippen molar-refractivity contribution in [1.82, 2.24) is 9.80 Å². The van der Waals surface area contributed by atoms with Crippen molar-refractivity contribution in [2.75, 3.05) is 32.8 Å². The van der Waals surface area contributed by atoms with E-state index in [4.69, 9.17) is 4.74 Å². The summed E-state index contributed by atoms with van der Waals surface area (Å²) in [5.74, 6) is -0.679. The minimum absolute atomic E-state index is 0.106. The second kappa shape index (κ2) is 13.6. The number of hydrogen-bond acceptors (Lipinski definition) is 5. The van der Waals surface area contributed by atoms with Crippen molar-refractivity contribution in [3.05, 3.63) is 83.1 Å². The van der Waals surface area contributed by atoms with Crippen molar-refractivity contribution in [1.29, 1.82) is 0 Å². The van der Waals surface area contributed by atoms with Gasteiger partial charge in [-0.3, -0.25) is 9.59 Å². The fourth-order valence-corrected chi connectivity index (χ4v) is 4.41. The molecule has 1 N–H and O–H groups in total. The molecule has 3 rings (SSSR count). The molecule has 0 saturated heterocycles. The van der Waals surface area contributed by atoms with E-state index >= 15 is 0 Å². The maximum absolute atomic E-state index is 13.4. The molecule has 0 saturated carbocycles. The van der Waals surface area contributed by atoms with E-state index in [1.54, 1.807) is 11.0 Å². The van der Waals surface area contributed by atoms with Crippen molar-refractivity contribution in [3.63, 3.8) is 0 Å². The third-order valence-electron chi connectivity index (χ3n) is 6.54. The zero-order valence-corrected chi connectivity index (χ0v) is 21.7. The van der Waals surface area contributed by atoms with Crippen molar-refractivity contribution < 1.29 is 19.4 Å². The zero-order chi connectivity index (χ0) is 25.9. The number of aliphatic hydroxyl groups excluding tert-OH is 1. The Kier molecular flexibility index (Phi) is 10.3. The molecule has 1 aliphatic heterocycles. The van der Waals surface area contributed by atoms with Gasteiger partial charge in [0.1, 0.15) is 5.75 Å². The zero-order valence-electron chi connectivity index (χ0n) is 21.7. The molecule has 1 heterocycles. The summed E-state index contributed by atoms with van der Waals surface area (Å²) in [5, 5.41) is 10.9. The number of carbonyl (C=O) groups excluding carboxylic acids is 2. The number of amides is 1. The first-order valence-electron chi connectivity index (χ1n) is 13.0. The van der Waals surface area contributed by atoms with Gasteiger partial charge in [-0.2, -0.15) is 0 Å². The van der Waals surface area contributed by atoms with Crippen molar-refractivity contribution >= 4 is 17.8 Å². The number of hydrogen-bond donors (Lipinski definition) is 1. The molecular weight excluding hydrogens is 452 g/mol. The van der Waals surface area contributed by atoms with Gasteiger partial charge in [0.25, 0.3) is 5.91 Å². The number of allylic oxidation sites excluding steroid dienone is 1. The maximum Gasteiger partial charge on any atom is 0.290 e. The van der Waals surface area contributed by atoms with Crippen LogP contribution in [0.1, 0.15) is 57.2 Å². The fraction of sp³-hybridized carbons (Fsp3) is 0.400. The van der Waals surface area contributed by atoms with Crippen LogP contribution in [0.2, 0.25) is 0 Å². The number of nitrogens with zero attached hydrogens (tertiary/aromatic N) is 2. The van der Waals surface area contributed by atoms with Gasteiger partial charge in [0.2, 0.25) is 0 Å². The molecule has 1 amide bonds. The Morgan fingerprint density at radius 3 is 2.50 bits per heavy atom. The summed E-state index contributed by atoms with van der Waals surface area (Å²) in [6.07, 6.45) is 6.31. The Labute approximate surface area is 214 Å². The van der Waals surface area contributed by atoms with Gasteiger partial charge in [0.15, 0.2) is 11.5 Å². The van der Waals surface area contributed by atoms with E-state index in [-0.39, 0.29) is 11.4 Å². The second-order valence-corrected chi connectivity index (χ2v) is 8.93. The summed E-state index contributed by atoms with van der Waals surface area (Å²) in [5.41, 5.74) is 1.72. The highest BCUT2D eigenvalue weighted by Crippen LogP contribution is 2.39. The van der Waals surface area contributed by atoms with E-state index in [9.17, 15) is 14.7 Å².